The zero-order valence-corrected chi connectivity index (χ0v) is 13.7. The summed E-state index contributed by atoms with van der Waals surface area (Å²) in [5.41, 5.74) is -2.49. The van der Waals surface area contributed by atoms with Crippen molar-refractivity contribution in [2.24, 2.45) is 0 Å². The van der Waals surface area contributed by atoms with Gasteiger partial charge >= 0.3 is 6.18 Å². The summed E-state index contributed by atoms with van der Waals surface area (Å²) in [6, 6.07) is -1.56. The molecule has 11 heteroatoms. The molecule has 0 unspecified atom stereocenters. The molecule has 0 saturated carbocycles. The zero-order valence-electron chi connectivity index (χ0n) is 13.7. The van der Waals surface area contributed by atoms with Crippen LogP contribution in [0, 0.1) is 23.4 Å². The van der Waals surface area contributed by atoms with Crippen molar-refractivity contribution in [1.29, 1.82) is 0 Å². The number of nitrogens with one attached hydrogen (secondary N) is 3. The molecule has 1 aromatic carbocycles. The van der Waals surface area contributed by atoms with E-state index in [2.05, 4.69) is 20.9 Å². The Morgan fingerprint density at radius 2 is 1.59 bits per heavy atom. The summed E-state index contributed by atoms with van der Waals surface area (Å²) in [4.78, 5) is 3.54. The summed E-state index contributed by atoms with van der Waals surface area (Å²) in [5.74, 6) is -5.72. The molecule has 0 fully saturated rings. The quantitative estimate of drug-likeness (QED) is 0.530. The van der Waals surface area contributed by atoms with E-state index >= 15 is 0 Å². The molecule has 0 aliphatic carbocycles. The van der Waals surface area contributed by atoms with Crippen molar-refractivity contribution in [3.8, 4) is 11.1 Å². The van der Waals surface area contributed by atoms with Gasteiger partial charge in [0.1, 0.15) is 29.2 Å². The predicted molar refractivity (Wildman–Crippen MR) is 85.6 cm³/mol. The topological polar surface area (TPSA) is 49.0 Å². The van der Waals surface area contributed by atoms with E-state index in [1.54, 1.807) is 0 Å². The third kappa shape index (κ3) is 3.58. The minimum Gasteiger partial charge on any atom is -0.379 e. The number of aromatic nitrogens is 1. The van der Waals surface area contributed by atoms with Crippen LogP contribution >= 0.6 is 0 Å². The lowest BCUT2D eigenvalue weighted by Crippen LogP contribution is -2.34. The maximum Gasteiger partial charge on any atom is 0.408 e. The number of pyridine rings is 1. The van der Waals surface area contributed by atoms with Gasteiger partial charge in [-0.1, -0.05) is 0 Å². The molecule has 3 N–H and O–H groups in total. The number of rotatable bonds is 3. The van der Waals surface area contributed by atoms with Gasteiger partial charge in [0.05, 0.1) is 16.8 Å². The lowest BCUT2D eigenvalue weighted by molar-refractivity contribution is -0.138. The zero-order chi connectivity index (χ0) is 19.9. The predicted octanol–water partition coefficient (Wildman–Crippen LogP) is 4.51. The van der Waals surface area contributed by atoms with Crippen molar-refractivity contribution < 1.29 is 30.7 Å². The van der Waals surface area contributed by atoms with Crippen LogP contribution in [0.15, 0.2) is 12.1 Å². The highest BCUT2D eigenvalue weighted by atomic mass is 19.4. The second-order valence-corrected chi connectivity index (χ2v) is 5.88. The lowest BCUT2D eigenvalue weighted by atomic mass is 10.0. The first-order valence-electron chi connectivity index (χ1n) is 7.79. The Labute approximate surface area is 148 Å². The van der Waals surface area contributed by atoms with E-state index in [4.69, 9.17) is 0 Å². The summed E-state index contributed by atoms with van der Waals surface area (Å²) >= 11 is 0. The summed E-state index contributed by atoms with van der Waals surface area (Å²) in [6.45, 7) is 1.33. The van der Waals surface area contributed by atoms with Gasteiger partial charge in [-0.15, -0.1) is 0 Å². The number of hydrogen-bond acceptors (Lipinski definition) is 4. The number of fused-ring (bicyclic) bond motifs is 1. The molecule has 0 saturated heterocycles. The number of alkyl halides is 3. The SMILES string of the molecule is C[C@H](Nc1c2c(nc(F)c1-c1c(F)cc(F)cc1F)NCCN2)C(F)(F)F. The average Bonchev–Trinajstić information content (AvgIpc) is 2.55. The van der Waals surface area contributed by atoms with E-state index in [-0.39, 0.29) is 18.1 Å². The Bertz CT molecular complexity index is 859. The van der Waals surface area contributed by atoms with Crippen LogP contribution in [0.3, 0.4) is 0 Å². The van der Waals surface area contributed by atoms with Gasteiger partial charge in [-0.3, -0.25) is 0 Å². The fraction of sp³-hybridized carbons (Fsp3) is 0.312. The fourth-order valence-electron chi connectivity index (χ4n) is 2.68. The van der Waals surface area contributed by atoms with Crippen LogP contribution < -0.4 is 16.0 Å². The Hall–Kier alpha value is -2.72. The molecule has 2 aromatic rings. The fourth-order valence-corrected chi connectivity index (χ4v) is 2.68. The first-order valence-corrected chi connectivity index (χ1v) is 7.79. The minimum atomic E-state index is -4.72. The molecule has 1 atom stereocenters. The molecule has 3 rings (SSSR count). The molecule has 1 aliphatic rings. The van der Waals surface area contributed by atoms with Crippen LogP contribution in [0.5, 0.6) is 0 Å². The molecule has 27 heavy (non-hydrogen) atoms. The minimum absolute atomic E-state index is 0.0723. The van der Waals surface area contributed by atoms with Crippen molar-refractivity contribution in [3.63, 3.8) is 0 Å². The van der Waals surface area contributed by atoms with Crippen molar-refractivity contribution in [2.75, 3.05) is 29.0 Å². The Balaban J connectivity index is 2.28. The number of nitrogens with zero attached hydrogens (tertiary/aromatic N) is 1. The number of halogens is 7. The summed E-state index contributed by atoms with van der Waals surface area (Å²) in [7, 11) is 0. The van der Waals surface area contributed by atoms with Crippen molar-refractivity contribution >= 4 is 17.2 Å². The molecule has 0 radical (unpaired) electrons. The molecule has 0 bridgehead atoms. The van der Waals surface area contributed by atoms with Crippen LogP contribution in [0.4, 0.5) is 47.9 Å². The molecule has 2 heterocycles. The molecule has 0 amide bonds. The maximum absolute atomic E-state index is 14.6. The van der Waals surface area contributed by atoms with Gasteiger partial charge in [0.25, 0.3) is 0 Å². The third-order valence-corrected chi connectivity index (χ3v) is 3.98. The second kappa shape index (κ2) is 6.78. The molecule has 4 nitrogen and oxygen atoms in total. The van der Waals surface area contributed by atoms with E-state index < -0.39 is 52.4 Å². The molecule has 146 valence electrons. The van der Waals surface area contributed by atoms with Crippen LogP contribution in [-0.2, 0) is 0 Å². The highest BCUT2D eigenvalue weighted by molar-refractivity contribution is 5.93. The first-order chi connectivity index (χ1) is 12.6. The second-order valence-electron chi connectivity index (χ2n) is 5.88. The van der Waals surface area contributed by atoms with Crippen molar-refractivity contribution in [1.82, 2.24) is 4.98 Å². The highest BCUT2D eigenvalue weighted by Gasteiger charge is 2.38. The van der Waals surface area contributed by atoms with E-state index in [9.17, 15) is 30.7 Å². The highest BCUT2D eigenvalue weighted by Crippen LogP contribution is 2.44. The standard InChI is InChI=1S/C16H13F7N4/c1-6(16(21,22)23)26-12-11(10-8(18)4-7(17)5-9(10)19)14(20)27-15-13(12)24-2-3-25-15/h4-6,24H,2-3H2,1H3,(H2,25,26,27)/t6-/m0/s1. The number of hydrogen-bond donors (Lipinski definition) is 3. The first kappa shape index (κ1) is 19.1. The average molecular weight is 394 g/mol. The third-order valence-electron chi connectivity index (χ3n) is 3.98. The van der Waals surface area contributed by atoms with E-state index in [1.165, 1.54) is 0 Å². The van der Waals surface area contributed by atoms with E-state index in [0.717, 1.165) is 6.92 Å². The van der Waals surface area contributed by atoms with E-state index in [0.29, 0.717) is 18.7 Å². The van der Waals surface area contributed by atoms with Crippen LogP contribution in [0.1, 0.15) is 6.92 Å². The van der Waals surface area contributed by atoms with Gasteiger partial charge in [-0.25, -0.2) is 13.2 Å². The molecular weight excluding hydrogens is 381 g/mol. The van der Waals surface area contributed by atoms with Crippen LogP contribution in [-0.4, -0.2) is 30.3 Å². The summed E-state index contributed by atoms with van der Waals surface area (Å²) in [6.07, 6.45) is -4.72. The van der Waals surface area contributed by atoms with Crippen LogP contribution in [0.25, 0.3) is 11.1 Å². The van der Waals surface area contributed by atoms with Crippen LogP contribution in [0.2, 0.25) is 0 Å². The largest absolute Gasteiger partial charge is 0.408 e. The van der Waals surface area contributed by atoms with Gasteiger partial charge in [0, 0.05) is 25.2 Å². The molecule has 1 aliphatic heterocycles. The maximum atomic E-state index is 14.6. The van der Waals surface area contributed by atoms with Crippen molar-refractivity contribution in [3.05, 3.63) is 35.5 Å². The molecule has 0 spiro atoms. The summed E-state index contributed by atoms with van der Waals surface area (Å²) < 4.78 is 95.2. The van der Waals surface area contributed by atoms with Gasteiger partial charge in [-0.2, -0.15) is 22.5 Å². The van der Waals surface area contributed by atoms with Gasteiger partial charge in [0.2, 0.25) is 5.95 Å². The number of anilines is 3. The van der Waals surface area contributed by atoms with Gasteiger partial charge in [-0.05, 0) is 6.92 Å². The Kier molecular flexibility index (Phi) is 4.79. The molecule has 1 aromatic heterocycles. The lowest BCUT2D eigenvalue weighted by Gasteiger charge is -2.27. The Morgan fingerprint density at radius 3 is 2.19 bits per heavy atom. The monoisotopic (exact) mass is 394 g/mol. The van der Waals surface area contributed by atoms with Gasteiger partial charge in [0.15, 0.2) is 5.82 Å². The van der Waals surface area contributed by atoms with E-state index in [1.807, 2.05) is 0 Å². The Morgan fingerprint density at radius 1 is 1.00 bits per heavy atom. The summed E-state index contributed by atoms with van der Waals surface area (Å²) in [5, 5.41) is 7.48. The number of benzene rings is 1. The normalized spacial score (nSPS) is 14.8. The van der Waals surface area contributed by atoms with Gasteiger partial charge < -0.3 is 16.0 Å². The molecular formula is C16H13F7N4. The van der Waals surface area contributed by atoms with Crippen molar-refractivity contribution in [2.45, 2.75) is 19.1 Å². The smallest absolute Gasteiger partial charge is 0.379 e.